The van der Waals surface area contributed by atoms with Gasteiger partial charge in [-0.05, 0) is 54.9 Å². The molecular weight excluding hydrogens is 470 g/mol. The van der Waals surface area contributed by atoms with E-state index in [9.17, 15) is 8.42 Å². The molecule has 2 aromatic heterocycles. The van der Waals surface area contributed by atoms with Crippen molar-refractivity contribution in [1.82, 2.24) is 14.9 Å². The smallest absolute Gasteiger partial charge is 0.238 e. The van der Waals surface area contributed by atoms with E-state index >= 15 is 0 Å². The fourth-order valence-corrected chi connectivity index (χ4v) is 6.63. The van der Waals surface area contributed by atoms with Gasteiger partial charge in [0, 0.05) is 24.5 Å². The highest BCUT2D eigenvalue weighted by atomic mass is 32.2. The number of hydrogen-bond donors (Lipinski definition) is 2. The number of sulfonamides is 1. The largest absolute Gasteiger partial charge is 0.379 e. The third-order valence-electron chi connectivity index (χ3n) is 6.63. The van der Waals surface area contributed by atoms with Gasteiger partial charge in [0.1, 0.15) is 16.5 Å². The van der Waals surface area contributed by atoms with Crippen LogP contribution < -0.4 is 10.5 Å². The van der Waals surface area contributed by atoms with Crippen molar-refractivity contribution in [1.29, 1.82) is 0 Å². The van der Waals surface area contributed by atoms with Crippen molar-refractivity contribution in [2.45, 2.75) is 44.0 Å². The first-order chi connectivity index (χ1) is 16.4. The molecule has 1 saturated heterocycles. The number of fused-ring (bicyclic) bond motifs is 3. The normalized spacial score (nSPS) is 19.3. The zero-order valence-corrected chi connectivity index (χ0v) is 21.1. The van der Waals surface area contributed by atoms with E-state index in [1.807, 2.05) is 23.5 Å². The van der Waals surface area contributed by atoms with Crippen LogP contribution in [0.1, 0.15) is 35.2 Å². The first kappa shape index (κ1) is 23.6. The number of nitrogens with two attached hydrogens (primary N) is 1. The van der Waals surface area contributed by atoms with E-state index in [0.29, 0.717) is 12.5 Å². The summed E-state index contributed by atoms with van der Waals surface area (Å²) in [6.45, 7) is 7.05. The number of primary sulfonamides is 1. The molecule has 0 spiro atoms. The minimum Gasteiger partial charge on any atom is -0.379 e. The standard InChI is InChI=1S/C24H31N5O3S2/c1-16-2-7-19-20(14-16)33-24-22(19)23(27-21(28-24)15-29-10-12-32-13-11-29)26-9-8-17-3-5-18(6-4-17)34(25,30)31/h3-6,16H,2,7-15H2,1H3,(H2,25,30,31)(H,26,27,28)/t16-/m0/s1. The molecule has 8 nitrogen and oxygen atoms in total. The molecule has 0 bridgehead atoms. The fraction of sp³-hybridized carbons (Fsp3) is 0.500. The average Bonchev–Trinajstić information content (AvgIpc) is 3.17. The van der Waals surface area contributed by atoms with Crippen LogP contribution in [0.25, 0.3) is 10.2 Å². The summed E-state index contributed by atoms with van der Waals surface area (Å²) in [5, 5.41) is 9.97. The molecule has 0 saturated carbocycles. The topological polar surface area (TPSA) is 110 Å². The van der Waals surface area contributed by atoms with Crippen molar-refractivity contribution in [3.63, 3.8) is 0 Å². The van der Waals surface area contributed by atoms with Crippen LogP contribution in [-0.4, -0.2) is 56.1 Å². The van der Waals surface area contributed by atoms with Crippen molar-refractivity contribution in [3.8, 4) is 0 Å². The Kier molecular flexibility index (Phi) is 6.85. The number of benzene rings is 1. The Labute approximate surface area is 204 Å². The van der Waals surface area contributed by atoms with Crippen LogP contribution in [0.15, 0.2) is 29.2 Å². The zero-order chi connectivity index (χ0) is 23.7. The number of anilines is 1. The Morgan fingerprint density at radius 2 is 1.97 bits per heavy atom. The maximum absolute atomic E-state index is 11.5. The van der Waals surface area contributed by atoms with Crippen LogP contribution in [0.2, 0.25) is 0 Å². The van der Waals surface area contributed by atoms with Gasteiger partial charge in [-0.15, -0.1) is 11.3 Å². The number of hydrogen-bond acceptors (Lipinski definition) is 8. The van der Waals surface area contributed by atoms with E-state index in [4.69, 9.17) is 19.8 Å². The molecule has 3 N–H and O–H groups in total. The summed E-state index contributed by atoms with van der Waals surface area (Å²) >= 11 is 1.82. The molecule has 1 fully saturated rings. The lowest BCUT2D eigenvalue weighted by atomic mass is 9.89. The second kappa shape index (κ2) is 9.87. The Balaban J connectivity index is 1.38. The molecular formula is C24H31N5O3S2. The molecule has 1 aromatic carbocycles. The van der Waals surface area contributed by atoms with Gasteiger partial charge in [-0.2, -0.15) is 0 Å². The summed E-state index contributed by atoms with van der Waals surface area (Å²) in [5.41, 5.74) is 2.45. The van der Waals surface area contributed by atoms with Gasteiger partial charge in [-0.3, -0.25) is 4.90 Å². The van der Waals surface area contributed by atoms with E-state index in [1.165, 1.54) is 22.2 Å². The maximum atomic E-state index is 11.5. The van der Waals surface area contributed by atoms with Gasteiger partial charge in [0.25, 0.3) is 0 Å². The number of rotatable bonds is 7. The van der Waals surface area contributed by atoms with Crippen LogP contribution in [0.4, 0.5) is 5.82 Å². The Morgan fingerprint density at radius 3 is 2.71 bits per heavy atom. The van der Waals surface area contributed by atoms with Crippen LogP contribution in [0.3, 0.4) is 0 Å². The van der Waals surface area contributed by atoms with E-state index in [1.54, 1.807) is 12.1 Å². The molecule has 2 aliphatic rings. The number of aryl methyl sites for hydroxylation is 1. The van der Waals surface area contributed by atoms with Gasteiger partial charge in [0.15, 0.2) is 0 Å². The van der Waals surface area contributed by atoms with E-state index in [2.05, 4.69) is 17.1 Å². The van der Waals surface area contributed by atoms with Crippen LogP contribution in [0, 0.1) is 5.92 Å². The molecule has 182 valence electrons. The van der Waals surface area contributed by atoms with Crippen LogP contribution in [0.5, 0.6) is 0 Å². The monoisotopic (exact) mass is 501 g/mol. The second-order valence-corrected chi connectivity index (χ2v) is 11.9. The number of thiophene rings is 1. The van der Waals surface area contributed by atoms with Crippen molar-refractivity contribution >= 4 is 37.4 Å². The van der Waals surface area contributed by atoms with Gasteiger partial charge in [-0.25, -0.2) is 23.5 Å². The number of aromatic nitrogens is 2. The van der Waals surface area contributed by atoms with Gasteiger partial charge in [-0.1, -0.05) is 19.1 Å². The predicted molar refractivity (Wildman–Crippen MR) is 135 cm³/mol. The highest BCUT2D eigenvalue weighted by Crippen LogP contribution is 2.40. The number of nitrogens with one attached hydrogen (secondary N) is 1. The zero-order valence-electron chi connectivity index (χ0n) is 19.4. The van der Waals surface area contributed by atoms with Crippen molar-refractivity contribution in [2.24, 2.45) is 11.1 Å². The van der Waals surface area contributed by atoms with Crippen LogP contribution in [-0.2, 0) is 40.6 Å². The third-order valence-corrected chi connectivity index (χ3v) is 8.71. The van der Waals surface area contributed by atoms with Gasteiger partial charge >= 0.3 is 0 Å². The van der Waals surface area contributed by atoms with Crippen molar-refractivity contribution in [2.75, 3.05) is 38.2 Å². The third kappa shape index (κ3) is 5.26. The van der Waals surface area contributed by atoms with E-state index in [-0.39, 0.29) is 4.90 Å². The SMILES string of the molecule is C[C@H]1CCc2c(sc3nc(CN4CCOCC4)nc(NCCc4ccc(S(N)(=O)=O)cc4)c23)C1. The molecule has 5 rings (SSSR count). The van der Waals surface area contributed by atoms with Crippen LogP contribution >= 0.6 is 11.3 Å². The Morgan fingerprint density at radius 1 is 1.21 bits per heavy atom. The lowest BCUT2D eigenvalue weighted by molar-refractivity contribution is 0.0331. The number of ether oxygens (including phenoxy) is 1. The molecule has 34 heavy (non-hydrogen) atoms. The minimum absolute atomic E-state index is 0.133. The van der Waals surface area contributed by atoms with E-state index in [0.717, 1.165) is 74.1 Å². The molecule has 3 heterocycles. The highest BCUT2D eigenvalue weighted by Gasteiger charge is 2.24. The summed E-state index contributed by atoms with van der Waals surface area (Å²) in [4.78, 5) is 15.0. The number of nitrogens with zero attached hydrogens (tertiary/aromatic N) is 3. The highest BCUT2D eigenvalue weighted by molar-refractivity contribution is 7.89. The Bertz CT molecular complexity index is 1270. The molecule has 0 unspecified atom stereocenters. The van der Waals surface area contributed by atoms with E-state index < -0.39 is 10.0 Å². The predicted octanol–water partition coefficient (Wildman–Crippen LogP) is 2.95. The summed E-state index contributed by atoms with van der Waals surface area (Å²) in [6, 6.07) is 6.75. The average molecular weight is 502 g/mol. The summed E-state index contributed by atoms with van der Waals surface area (Å²) in [6.07, 6.45) is 4.14. The second-order valence-electron chi connectivity index (χ2n) is 9.27. The quantitative estimate of drug-likeness (QED) is 0.512. The molecule has 1 aliphatic heterocycles. The number of morpholine rings is 1. The minimum atomic E-state index is -3.67. The molecule has 3 aromatic rings. The molecule has 1 atom stereocenters. The van der Waals surface area contributed by atoms with Crippen molar-refractivity contribution in [3.05, 3.63) is 46.1 Å². The molecule has 10 heteroatoms. The molecule has 1 aliphatic carbocycles. The van der Waals surface area contributed by atoms with Gasteiger partial charge in [0.05, 0.1) is 30.0 Å². The summed E-state index contributed by atoms with van der Waals surface area (Å²) in [7, 11) is -3.67. The van der Waals surface area contributed by atoms with Gasteiger partial charge in [0.2, 0.25) is 10.0 Å². The van der Waals surface area contributed by atoms with Crippen molar-refractivity contribution < 1.29 is 13.2 Å². The first-order valence-corrected chi connectivity index (χ1v) is 14.2. The first-order valence-electron chi connectivity index (χ1n) is 11.8. The molecule has 0 radical (unpaired) electrons. The Hall–Kier alpha value is -2.11. The fourth-order valence-electron chi connectivity index (χ4n) is 4.72. The summed E-state index contributed by atoms with van der Waals surface area (Å²) in [5.74, 6) is 2.47. The van der Waals surface area contributed by atoms with Gasteiger partial charge < -0.3 is 10.1 Å². The lowest BCUT2D eigenvalue weighted by Crippen LogP contribution is -2.36. The maximum Gasteiger partial charge on any atom is 0.238 e. The molecule has 0 amide bonds. The summed E-state index contributed by atoms with van der Waals surface area (Å²) < 4.78 is 28.5. The lowest BCUT2D eigenvalue weighted by Gasteiger charge is -2.26.